The van der Waals surface area contributed by atoms with E-state index in [-0.39, 0.29) is 18.0 Å². The number of carbonyl (C=O) groups excluding carboxylic acids is 2. The summed E-state index contributed by atoms with van der Waals surface area (Å²) in [6.07, 6.45) is 3.47. The number of aryl methyl sites for hydroxylation is 1. The minimum absolute atomic E-state index is 0.0693. The van der Waals surface area contributed by atoms with Gasteiger partial charge in [-0.1, -0.05) is 13.2 Å². The first-order valence-corrected chi connectivity index (χ1v) is 7.38. The number of carbonyl (C=O) groups is 2. The van der Waals surface area contributed by atoms with Crippen LogP contribution >= 0.6 is 11.3 Å². The molecule has 0 saturated heterocycles. The van der Waals surface area contributed by atoms with Crippen LogP contribution in [-0.4, -0.2) is 31.5 Å². The first-order chi connectivity index (χ1) is 9.90. The zero-order valence-corrected chi connectivity index (χ0v) is 13.1. The van der Waals surface area contributed by atoms with E-state index in [1.807, 2.05) is 6.92 Å². The summed E-state index contributed by atoms with van der Waals surface area (Å²) in [5.74, 6) is -1.51. The maximum absolute atomic E-state index is 12.1. The van der Waals surface area contributed by atoms with Gasteiger partial charge in [-0.3, -0.25) is 4.79 Å². The molecule has 0 aromatic carbocycles. The van der Waals surface area contributed by atoms with Crippen LogP contribution < -0.4 is 15.3 Å². The Labute approximate surface area is 128 Å². The highest BCUT2D eigenvalue weighted by Gasteiger charge is 2.18. The zero-order valence-electron chi connectivity index (χ0n) is 12.3. The van der Waals surface area contributed by atoms with Crippen LogP contribution in [0.5, 0.6) is 0 Å². The van der Waals surface area contributed by atoms with Crippen LogP contribution in [0.15, 0.2) is 25.3 Å². The minimum Gasteiger partial charge on any atom is -0.545 e. The average molecular weight is 308 g/mol. The number of hydrogen-bond donors (Lipinski definition) is 2. The molecule has 2 N–H and O–H groups in total. The van der Waals surface area contributed by atoms with Crippen molar-refractivity contribution in [3.05, 3.63) is 41.3 Å². The van der Waals surface area contributed by atoms with E-state index in [2.05, 4.69) is 18.5 Å². The SMILES string of the molecule is C=CC[NH+](CC=C)CC(=O)Nc1sc(C)c(C)c1C(=O)[O-]. The van der Waals surface area contributed by atoms with Gasteiger partial charge in [-0.05, 0) is 31.6 Å². The van der Waals surface area contributed by atoms with E-state index in [0.717, 1.165) is 9.78 Å². The van der Waals surface area contributed by atoms with E-state index in [1.165, 1.54) is 11.3 Å². The molecule has 0 aliphatic heterocycles. The normalized spacial score (nSPS) is 10.4. The van der Waals surface area contributed by atoms with E-state index >= 15 is 0 Å². The first kappa shape index (κ1) is 17.1. The fourth-order valence-corrected chi connectivity index (χ4v) is 3.06. The van der Waals surface area contributed by atoms with E-state index < -0.39 is 5.97 Å². The molecular weight excluding hydrogens is 288 g/mol. The van der Waals surface area contributed by atoms with Crippen molar-refractivity contribution in [3.8, 4) is 0 Å². The standard InChI is InChI=1S/C15H20N2O3S/c1-5-7-17(8-6-2)9-12(18)16-14-13(15(19)20)10(3)11(4)21-14/h5-6H,1-2,7-9H2,3-4H3,(H,16,18)(H,19,20). The van der Waals surface area contributed by atoms with Gasteiger partial charge in [-0.15, -0.1) is 11.3 Å². The molecule has 1 rings (SSSR count). The predicted octanol–water partition coefficient (Wildman–Crippen LogP) is -0.0762. The molecule has 0 aliphatic carbocycles. The second-order valence-electron chi connectivity index (χ2n) is 4.74. The van der Waals surface area contributed by atoms with E-state index in [1.54, 1.807) is 19.1 Å². The molecule has 5 nitrogen and oxygen atoms in total. The summed E-state index contributed by atoms with van der Waals surface area (Å²) in [6.45, 7) is 12.3. The largest absolute Gasteiger partial charge is 0.545 e. The number of aromatic carboxylic acids is 1. The lowest BCUT2D eigenvalue weighted by Gasteiger charge is -2.15. The van der Waals surface area contributed by atoms with E-state index in [0.29, 0.717) is 23.7 Å². The van der Waals surface area contributed by atoms with Gasteiger partial charge in [-0.25, -0.2) is 0 Å². The monoisotopic (exact) mass is 308 g/mol. The van der Waals surface area contributed by atoms with Crippen LogP contribution in [0.25, 0.3) is 0 Å². The molecule has 0 aliphatic rings. The number of hydrogen-bond acceptors (Lipinski definition) is 4. The molecule has 0 bridgehead atoms. The Morgan fingerprint density at radius 2 is 1.86 bits per heavy atom. The number of quaternary nitrogens is 1. The highest BCUT2D eigenvalue weighted by molar-refractivity contribution is 7.16. The summed E-state index contributed by atoms with van der Waals surface area (Å²) in [5, 5.41) is 14.2. The van der Waals surface area contributed by atoms with Gasteiger partial charge >= 0.3 is 0 Å². The topological polar surface area (TPSA) is 73.7 Å². The van der Waals surface area contributed by atoms with Crippen LogP contribution in [0.3, 0.4) is 0 Å². The van der Waals surface area contributed by atoms with Crippen molar-refractivity contribution in [1.29, 1.82) is 0 Å². The molecular formula is C15H20N2O3S. The number of amides is 1. The average Bonchev–Trinajstić information content (AvgIpc) is 2.65. The van der Waals surface area contributed by atoms with Gasteiger partial charge in [-0.2, -0.15) is 0 Å². The summed E-state index contributed by atoms with van der Waals surface area (Å²) < 4.78 is 0. The molecule has 1 amide bonds. The Bertz CT molecular complexity index is 554. The molecule has 0 unspecified atom stereocenters. The third-order valence-electron chi connectivity index (χ3n) is 3.12. The van der Waals surface area contributed by atoms with E-state index in [4.69, 9.17) is 0 Å². The van der Waals surface area contributed by atoms with Gasteiger partial charge in [0.2, 0.25) is 0 Å². The predicted molar refractivity (Wildman–Crippen MR) is 82.7 cm³/mol. The summed E-state index contributed by atoms with van der Waals surface area (Å²) in [7, 11) is 0. The summed E-state index contributed by atoms with van der Waals surface area (Å²) >= 11 is 1.25. The Morgan fingerprint density at radius 1 is 1.29 bits per heavy atom. The van der Waals surface area contributed by atoms with Crippen LogP contribution in [-0.2, 0) is 4.79 Å². The number of nitrogens with one attached hydrogen (secondary N) is 2. The van der Waals surface area contributed by atoms with Crippen molar-refractivity contribution in [2.24, 2.45) is 0 Å². The maximum Gasteiger partial charge on any atom is 0.280 e. The van der Waals surface area contributed by atoms with Gasteiger partial charge < -0.3 is 20.1 Å². The van der Waals surface area contributed by atoms with Gasteiger partial charge in [0.15, 0.2) is 6.54 Å². The first-order valence-electron chi connectivity index (χ1n) is 6.57. The van der Waals surface area contributed by atoms with Gasteiger partial charge in [0.25, 0.3) is 5.91 Å². The molecule has 1 aromatic heterocycles. The van der Waals surface area contributed by atoms with E-state index in [9.17, 15) is 14.7 Å². The second kappa shape index (κ2) is 7.75. The molecule has 114 valence electrons. The molecule has 0 radical (unpaired) electrons. The lowest BCUT2D eigenvalue weighted by atomic mass is 10.1. The Balaban J connectivity index is 2.83. The van der Waals surface area contributed by atoms with Crippen molar-refractivity contribution >= 4 is 28.2 Å². The molecule has 0 fully saturated rings. The van der Waals surface area contributed by atoms with Crippen LogP contribution in [0, 0.1) is 13.8 Å². The second-order valence-corrected chi connectivity index (χ2v) is 5.96. The molecule has 0 saturated carbocycles. The highest BCUT2D eigenvalue weighted by atomic mass is 32.1. The van der Waals surface area contributed by atoms with Gasteiger partial charge in [0.05, 0.1) is 19.1 Å². The summed E-state index contributed by atoms with van der Waals surface area (Å²) in [6, 6.07) is 0. The zero-order chi connectivity index (χ0) is 16.0. The van der Waals surface area contributed by atoms with Crippen LogP contribution in [0.1, 0.15) is 20.8 Å². The highest BCUT2D eigenvalue weighted by Crippen LogP contribution is 2.31. The maximum atomic E-state index is 12.1. The number of rotatable bonds is 8. The molecule has 1 heterocycles. The van der Waals surface area contributed by atoms with Gasteiger partial charge in [0.1, 0.15) is 5.00 Å². The van der Waals surface area contributed by atoms with Gasteiger partial charge in [0, 0.05) is 10.4 Å². The smallest absolute Gasteiger partial charge is 0.280 e. The molecule has 0 spiro atoms. The number of carboxylic acid groups (broad SMARTS) is 1. The van der Waals surface area contributed by atoms with Crippen molar-refractivity contribution in [1.82, 2.24) is 0 Å². The number of thiophene rings is 1. The third kappa shape index (κ3) is 4.54. The van der Waals surface area contributed by atoms with Crippen molar-refractivity contribution in [2.75, 3.05) is 25.0 Å². The Kier molecular flexibility index (Phi) is 6.33. The lowest BCUT2D eigenvalue weighted by molar-refractivity contribution is -0.879. The van der Waals surface area contributed by atoms with Crippen LogP contribution in [0.2, 0.25) is 0 Å². The molecule has 6 heteroatoms. The fourth-order valence-electron chi connectivity index (χ4n) is 1.99. The molecule has 21 heavy (non-hydrogen) atoms. The third-order valence-corrected chi connectivity index (χ3v) is 4.24. The van der Waals surface area contributed by atoms with Crippen LogP contribution in [0.4, 0.5) is 5.00 Å². The molecule has 1 aromatic rings. The Hall–Kier alpha value is -1.92. The van der Waals surface area contributed by atoms with Crippen molar-refractivity contribution in [3.63, 3.8) is 0 Å². The quantitative estimate of drug-likeness (QED) is 0.660. The van der Waals surface area contributed by atoms with Crippen molar-refractivity contribution < 1.29 is 19.6 Å². The molecule has 0 atom stereocenters. The summed E-state index contributed by atoms with van der Waals surface area (Å²) in [4.78, 5) is 25.1. The minimum atomic E-state index is -1.27. The number of carboxylic acids is 1. The Morgan fingerprint density at radius 3 is 2.33 bits per heavy atom. The van der Waals surface area contributed by atoms with Crippen molar-refractivity contribution in [2.45, 2.75) is 13.8 Å². The lowest BCUT2D eigenvalue weighted by Crippen LogP contribution is -3.12. The summed E-state index contributed by atoms with van der Waals surface area (Å²) in [5.41, 5.74) is 0.705. The fraction of sp³-hybridized carbons (Fsp3) is 0.333. The number of anilines is 1.